The molecule has 1 aromatic heterocycles. The normalized spacial score (nSPS) is 11.1. The summed E-state index contributed by atoms with van der Waals surface area (Å²) >= 11 is 0. The number of hydrogen-bond acceptors (Lipinski definition) is 3. The molecule has 0 bridgehead atoms. The zero-order valence-corrected chi connectivity index (χ0v) is 6.97. The third kappa shape index (κ3) is 2.08. The van der Waals surface area contributed by atoms with Gasteiger partial charge in [0.2, 0.25) is 0 Å². The monoisotopic (exact) mass is 175 g/mol. The van der Waals surface area contributed by atoms with Crippen LogP contribution in [0, 0.1) is 0 Å². The van der Waals surface area contributed by atoms with E-state index in [2.05, 4.69) is 33.9 Å². The van der Waals surface area contributed by atoms with E-state index in [0.29, 0.717) is 0 Å². The van der Waals surface area contributed by atoms with Crippen LogP contribution in [0.5, 0.6) is 5.88 Å². The maximum atomic E-state index is 8.27. The lowest BCUT2D eigenvalue weighted by molar-refractivity contribution is 0.359. The Morgan fingerprint density at radius 2 is 1.85 bits per heavy atom. The molecule has 1 heterocycles. The van der Waals surface area contributed by atoms with Crippen molar-refractivity contribution in [2.24, 2.45) is 0 Å². The number of rotatable bonds is 0. The van der Waals surface area contributed by atoms with Crippen molar-refractivity contribution in [1.82, 2.24) is 5.16 Å². The van der Waals surface area contributed by atoms with Crippen molar-refractivity contribution in [2.75, 3.05) is 0 Å². The summed E-state index contributed by atoms with van der Waals surface area (Å²) in [7, 11) is 0. The molecule has 2 aromatic rings. The molecule has 0 saturated carbocycles. The maximum absolute atomic E-state index is 8.27. The van der Waals surface area contributed by atoms with Gasteiger partial charge in [0.25, 0.3) is 5.88 Å². The fraction of sp³-hybridized carbons (Fsp3) is 0.100. The summed E-state index contributed by atoms with van der Waals surface area (Å²) in [6.45, 7) is 0. The SMILES string of the molecule is Oc1ccon1.c1ccc2c(c1)C2. The van der Waals surface area contributed by atoms with Gasteiger partial charge in [-0.15, -0.1) is 0 Å². The molecule has 0 fully saturated rings. The molecule has 1 aliphatic carbocycles. The standard InChI is InChI=1S/C7H6.C3H3NO2/c1-2-4-7-5-6(7)3-1;5-3-1-2-6-4-3/h1-4H,5H2;1-2H,(H,4,5). The molecule has 0 amide bonds. The van der Waals surface area contributed by atoms with E-state index in [1.807, 2.05) is 0 Å². The smallest absolute Gasteiger partial charge is 0.251 e. The number of benzene rings is 1. The quantitative estimate of drug-likeness (QED) is 0.568. The molecule has 66 valence electrons. The molecule has 0 unspecified atom stereocenters. The fourth-order valence-electron chi connectivity index (χ4n) is 1.04. The Balaban J connectivity index is 0.000000102. The maximum Gasteiger partial charge on any atom is 0.251 e. The molecule has 1 aromatic carbocycles. The van der Waals surface area contributed by atoms with Gasteiger partial charge in [-0.25, -0.2) is 0 Å². The van der Waals surface area contributed by atoms with Crippen molar-refractivity contribution in [3.8, 4) is 5.88 Å². The van der Waals surface area contributed by atoms with E-state index in [-0.39, 0.29) is 5.88 Å². The minimum atomic E-state index is -0.0741. The Hall–Kier alpha value is -1.77. The second kappa shape index (κ2) is 3.31. The highest BCUT2D eigenvalue weighted by atomic mass is 16.5. The van der Waals surface area contributed by atoms with Crippen LogP contribution in [0.25, 0.3) is 0 Å². The van der Waals surface area contributed by atoms with Crippen LogP contribution in [-0.4, -0.2) is 10.3 Å². The highest BCUT2D eigenvalue weighted by Crippen LogP contribution is 2.25. The van der Waals surface area contributed by atoms with Gasteiger partial charge in [-0.1, -0.05) is 24.3 Å². The summed E-state index contributed by atoms with van der Waals surface area (Å²) in [5.41, 5.74) is 3.06. The first-order valence-electron chi connectivity index (χ1n) is 4.02. The van der Waals surface area contributed by atoms with Gasteiger partial charge >= 0.3 is 0 Å². The van der Waals surface area contributed by atoms with Crippen LogP contribution >= 0.6 is 0 Å². The van der Waals surface area contributed by atoms with Crippen LogP contribution in [0.15, 0.2) is 41.1 Å². The third-order valence-electron chi connectivity index (χ3n) is 1.80. The molecule has 1 N–H and O–H groups in total. The molecule has 0 radical (unpaired) electrons. The van der Waals surface area contributed by atoms with E-state index >= 15 is 0 Å². The lowest BCUT2D eigenvalue weighted by Gasteiger charge is -1.69. The summed E-state index contributed by atoms with van der Waals surface area (Å²) in [6, 6.07) is 9.89. The Morgan fingerprint density at radius 3 is 2.15 bits per heavy atom. The van der Waals surface area contributed by atoms with Crippen LogP contribution in [0.1, 0.15) is 11.1 Å². The number of aromatic hydroxyl groups is 1. The van der Waals surface area contributed by atoms with Crippen LogP contribution < -0.4 is 0 Å². The van der Waals surface area contributed by atoms with Gasteiger partial charge in [-0.05, 0) is 22.7 Å². The Bertz CT molecular complexity index is 361. The predicted octanol–water partition coefficient (Wildman–Crippen LogP) is 1.97. The molecule has 0 atom stereocenters. The highest BCUT2D eigenvalue weighted by Gasteiger charge is 2.12. The molecule has 1 aliphatic rings. The predicted molar refractivity (Wildman–Crippen MR) is 47.4 cm³/mol. The average molecular weight is 175 g/mol. The number of nitrogens with zero attached hydrogens (tertiary/aromatic N) is 1. The van der Waals surface area contributed by atoms with Gasteiger partial charge in [0.1, 0.15) is 6.26 Å². The average Bonchev–Trinajstić information content (AvgIpc) is 2.80. The van der Waals surface area contributed by atoms with Gasteiger partial charge in [0, 0.05) is 6.07 Å². The van der Waals surface area contributed by atoms with E-state index in [4.69, 9.17) is 5.11 Å². The molecular formula is C10H9NO2. The second-order valence-electron chi connectivity index (χ2n) is 2.80. The van der Waals surface area contributed by atoms with Gasteiger partial charge in [0.05, 0.1) is 0 Å². The highest BCUT2D eigenvalue weighted by molar-refractivity contribution is 5.44. The van der Waals surface area contributed by atoms with Crippen LogP contribution in [0.4, 0.5) is 0 Å². The number of hydrogen-bond donors (Lipinski definition) is 1. The van der Waals surface area contributed by atoms with E-state index in [1.165, 1.54) is 29.9 Å². The first kappa shape index (κ1) is 7.86. The van der Waals surface area contributed by atoms with Gasteiger partial charge in [-0.2, -0.15) is 0 Å². The summed E-state index contributed by atoms with van der Waals surface area (Å²) < 4.78 is 4.21. The van der Waals surface area contributed by atoms with Crippen molar-refractivity contribution in [1.29, 1.82) is 0 Å². The molecule has 0 spiro atoms. The van der Waals surface area contributed by atoms with Gasteiger partial charge < -0.3 is 9.63 Å². The zero-order valence-electron chi connectivity index (χ0n) is 6.97. The van der Waals surface area contributed by atoms with Crippen molar-refractivity contribution in [3.63, 3.8) is 0 Å². The molecule has 3 heteroatoms. The molecule has 0 saturated heterocycles. The molecule has 0 aliphatic heterocycles. The molecule has 13 heavy (non-hydrogen) atoms. The van der Waals surface area contributed by atoms with Crippen molar-refractivity contribution in [3.05, 3.63) is 47.7 Å². The first-order valence-corrected chi connectivity index (χ1v) is 4.02. The minimum absolute atomic E-state index is 0.0741. The summed E-state index contributed by atoms with van der Waals surface area (Å²) in [4.78, 5) is 0. The summed E-state index contributed by atoms with van der Waals surface area (Å²) in [5, 5.41) is 11.4. The van der Waals surface area contributed by atoms with E-state index in [0.717, 1.165) is 0 Å². The Morgan fingerprint density at radius 1 is 1.15 bits per heavy atom. The van der Waals surface area contributed by atoms with Gasteiger partial charge in [-0.3, -0.25) is 0 Å². The van der Waals surface area contributed by atoms with E-state index in [9.17, 15) is 0 Å². The zero-order chi connectivity index (χ0) is 9.10. The topological polar surface area (TPSA) is 46.3 Å². The van der Waals surface area contributed by atoms with Crippen LogP contribution in [-0.2, 0) is 6.42 Å². The van der Waals surface area contributed by atoms with Crippen LogP contribution in [0.3, 0.4) is 0 Å². The van der Waals surface area contributed by atoms with Gasteiger partial charge in [0.15, 0.2) is 0 Å². The lowest BCUT2D eigenvalue weighted by Crippen LogP contribution is -1.51. The molecule has 3 rings (SSSR count). The fourth-order valence-corrected chi connectivity index (χ4v) is 1.04. The third-order valence-corrected chi connectivity index (χ3v) is 1.80. The largest absolute Gasteiger partial charge is 0.491 e. The number of aromatic nitrogens is 1. The van der Waals surface area contributed by atoms with Crippen molar-refractivity contribution < 1.29 is 9.63 Å². The van der Waals surface area contributed by atoms with E-state index < -0.39 is 0 Å². The minimum Gasteiger partial charge on any atom is -0.491 e. The first-order chi connectivity index (χ1) is 6.36. The number of fused-ring (bicyclic) bond motifs is 1. The Labute approximate surface area is 75.6 Å². The summed E-state index contributed by atoms with van der Waals surface area (Å²) in [6.07, 6.45) is 2.54. The lowest BCUT2D eigenvalue weighted by atomic mass is 10.4. The molecular weight excluding hydrogens is 166 g/mol. The Kier molecular flexibility index (Phi) is 2.00. The van der Waals surface area contributed by atoms with Crippen LogP contribution in [0.2, 0.25) is 0 Å². The van der Waals surface area contributed by atoms with Crippen molar-refractivity contribution in [2.45, 2.75) is 6.42 Å². The summed E-state index contributed by atoms with van der Waals surface area (Å²) in [5.74, 6) is -0.0741. The van der Waals surface area contributed by atoms with E-state index in [1.54, 1.807) is 0 Å². The molecule has 3 nitrogen and oxygen atoms in total. The van der Waals surface area contributed by atoms with Crippen molar-refractivity contribution >= 4 is 0 Å². The second-order valence-corrected chi connectivity index (χ2v) is 2.80.